The van der Waals surface area contributed by atoms with Crippen LogP contribution in [0.1, 0.15) is 37.7 Å². The predicted molar refractivity (Wildman–Crippen MR) is 129 cm³/mol. The van der Waals surface area contributed by atoms with E-state index in [-0.39, 0.29) is 23.6 Å². The second-order valence-corrected chi connectivity index (χ2v) is 8.53. The van der Waals surface area contributed by atoms with Gasteiger partial charge in [-0.05, 0) is 62.7 Å². The van der Waals surface area contributed by atoms with E-state index < -0.39 is 17.2 Å². The first kappa shape index (κ1) is 25.0. The minimum atomic E-state index is -4.58. The third kappa shape index (κ3) is 5.26. The van der Waals surface area contributed by atoms with Crippen molar-refractivity contribution in [2.24, 2.45) is 0 Å². The molecule has 184 valence electrons. The van der Waals surface area contributed by atoms with Crippen molar-refractivity contribution in [2.75, 3.05) is 11.9 Å². The Labute approximate surface area is 206 Å². The minimum absolute atomic E-state index is 0.0468. The molecular formula is C26H23F3N6O. The third-order valence-corrected chi connectivity index (χ3v) is 5.55. The molecule has 0 atom stereocenters. The van der Waals surface area contributed by atoms with Crippen LogP contribution >= 0.6 is 0 Å². The highest BCUT2D eigenvalue weighted by molar-refractivity contribution is 5.90. The molecule has 3 aromatic heterocycles. The van der Waals surface area contributed by atoms with Gasteiger partial charge in [0.15, 0.2) is 11.5 Å². The molecule has 4 rings (SSSR count). The average molecular weight is 493 g/mol. The molecule has 0 spiro atoms. The van der Waals surface area contributed by atoms with E-state index in [2.05, 4.69) is 31.3 Å². The quantitative estimate of drug-likeness (QED) is 0.329. The summed E-state index contributed by atoms with van der Waals surface area (Å²) in [6.07, 6.45) is -3.29. The summed E-state index contributed by atoms with van der Waals surface area (Å²) in [4.78, 5) is 17.3. The number of aromatic nitrogens is 4. The zero-order chi connectivity index (χ0) is 25.9. The molecule has 3 heterocycles. The Hall–Kier alpha value is -4.10. The molecule has 4 aromatic rings. The Morgan fingerprint density at radius 2 is 1.75 bits per heavy atom. The van der Waals surface area contributed by atoms with Crippen molar-refractivity contribution >= 4 is 22.5 Å². The molecule has 0 fully saturated rings. The molecule has 7 nitrogen and oxygen atoms in total. The first-order valence-electron chi connectivity index (χ1n) is 11.2. The van der Waals surface area contributed by atoms with E-state index in [0.29, 0.717) is 29.3 Å². The summed E-state index contributed by atoms with van der Waals surface area (Å²) in [5, 5.41) is 13.1. The van der Waals surface area contributed by atoms with E-state index >= 15 is 0 Å². The summed E-state index contributed by atoms with van der Waals surface area (Å²) in [5.74, 6) is 0.758. The minimum Gasteiger partial charge on any atom is -0.374 e. The number of hydrogen-bond acceptors (Lipinski definition) is 7. The molecule has 0 amide bonds. The lowest BCUT2D eigenvalue weighted by atomic mass is 9.86. The van der Waals surface area contributed by atoms with Crippen molar-refractivity contribution in [3.05, 3.63) is 71.7 Å². The van der Waals surface area contributed by atoms with Gasteiger partial charge in [0.2, 0.25) is 0 Å². The number of hydrogen-bond donors (Lipinski definition) is 1. The number of pyridine rings is 2. The SMILES string of the molecule is CCOCc1nc(Nc2ccc(C(C)(C)C#N)cc2)c2ccc(-c3ncccc3C(F)(F)F)nc2n1. The van der Waals surface area contributed by atoms with Gasteiger partial charge >= 0.3 is 6.18 Å². The maximum atomic E-state index is 13.5. The number of rotatable bonds is 7. The first-order chi connectivity index (χ1) is 17.1. The van der Waals surface area contributed by atoms with Gasteiger partial charge in [0, 0.05) is 18.5 Å². The van der Waals surface area contributed by atoms with Gasteiger partial charge < -0.3 is 10.1 Å². The van der Waals surface area contributed by atoms with Crippen LogP contribution in [0.15, 0.2) is 54.7 Å². The lowest BCUT2D eigenvalue weighted by Gasteiger charge is -2.17. The van der Waals surface area contributed by atoms with E-state index in [9.17, 15) is 18.4 Å². The molecule has 10 heteroatoms. The Bertz CT molecular complexity index is 1430. The van der Waals surface area contributed by atoms with Crippen molar-refractivity contribution < 1.29 is 17.9 Å². The fourth-order valence-electron chi connectivity index (χ4n) is 3.55. The first-order valence-corrected chi connectivity index (χ1v) is 11.2. The number of benzene rings is 1. The molecule has 1 aromatic carbocycles. The molecule has 36 heavy (non-hydrogen) atoms. The molecule has 0 aliphatic carbocycles. The standard InChI is InChI=1S/C26H23F3N6O/c1-4-36-14-21-34-23(32-17-9-7-16(8-10-17)25(2,3)15-30)18-11-12-20(33-24(18)35-21)22-19(26(27,28)29)6-5-13-31-22/h5-13H,4,14H2,1-3H3,(H,32,33,34,35). The number of nitriles is 1. The Balaban J connectivity index is 1.78. The zero-order valence-electron chi connectivity index (χ0n) is 19.9. The largest absolute Gasteiger partial charge is 0.418 e. The number of nitrogens with zero attached hydrogens (tertiary/aromatic N) is 5. The van der Waals surface area contributed by atoms with Gasteiger partial charge in [0.1, 0.15) is 18.1 Å². The van der Waals surface area contributed by atoms with Crippen molar-refractivity contribution in [3.8, 4) is 17.5 Å². The van der Waals surface area contributed by atoms with Crippen LogP contribution in [-0.2, 0) is 22.9 Å². The lowest BCUT2D eigenvalue weighted by Crippen LogP contribution is -2.13. The molecule has 0 unspecified atom stereocenters. The monoisotopic (exact) mass is 492 g/mol. The van der Waals surface area contributed by atoms with Crippen LogP contribution in [0.2, 0.25) is 0 Å². The molecule has 0 aliphatic heterocycles. The second kappa shape index (κ2) is 9.87. The van der Waals surface area contributed by atoms with Gasteiger partial charge in [-0.1, -0.05) is 12.1 Å². The van der Waals surface area contributed by atoms with Gasteiger partial charge in [-0.25, -0.2) is 15.0 Å². The highest BCUT2D eigenvalue weighted by Crippen LogP contribution is 2.36. The van der Waals surface area contributed by atoms with E-state index in [1.165, 1.54) is 18.3 Å². The maximum Gasteiger partial charge on any atom is 0.418 e. The number of alkyl halides is 3. The van der Waals surface area contributed by atoms with Gasteiger partial charge in [0.05, 0.1) is 28.1 Å². The normalized spacial score (nSPS) is 11.9. The molecule has 0 aliphatic rings. The fraction of sp³-hybridized carbons (Fsp3) is 0.269. The number of anilines is 2. The number of fused-ring (bicyclic) bond motifs is 1. The van der Waals surface area contributed by atoms with Crippen LogP contribution in [0, 0.1) is 11.3 Å². The van der Waals surface area contributed by atoms with Gasteiger partial charge in [-0.3, -0.25) is 4.98 Å². The summed E-state index contributed by atoms with van der Waals surface area (Å²) < 4.78 is 46.1. The van der Waals surface area contributed by atoms with E-state index in [1.807, 2.05) is 45.0 Å². The molecule has 0 saturated heterocycles. The Kier molecular flexibility index (Phi) is 6.86. The Morgan fingerprint density at radius 3 is 2.42 bits per heavy atom. The van der Waals surface area contributed by atoms with Crippen molar-refractivity contribution in [1.82, 2.24) is 19.9 Å². The molecule has 0 radical (unpaired) electrons. The van der Waals surface area contributed by atoms with E-state index in [0.717, 1.165) is 11.6 Å². The van der Waals surface area contributed by atoms with Crippen LogP contribution in [0.25, 0.3) is 22.4 Å². The summed E-state index contributed by atoms with van der Waals surface area (Å²) in [6.45, 7) is 6.06. The summed E-state index contributed by atoms with van der Waals surface area (Å²) in [7, 11) is 0. The summed E-state index contributed by atoms with van der Waals surface area (Å²) >= 11 is 0. The fourth-order valence-corrected chi connectivity index (χ4v) is 3.55. The van der Waals surface area contributed by atoms with Crippen LogP contribution in [-0.4, -0.2) is 26.5 Å². The molecule has 1 N–H and O–H groups in total. The smallest absolute Gasteiger partial charge is 0.374 e. The highest BCUT2D eigenvalue weighted by atomic mass is 19.4. The predicted octanol–water partition coefficient (Wildman–Crippen LogP) is 6.19. The van der Waals surface area contributed by atoms with Crippen molar-refractivity contribution in [2.45, 2.75) is 39.0 Å². The van der Waals surface area contributed by atoms with Crippen LogP contribution in [0.5, 0.6) is 0 Å². The van der Waals surface area contributed by atoms with Crippen LogP contribution < -0.4 is 5.32 Å². The molecule has 0 saturated carbocycles. The second-order valence-electron chi connectivity index (χ2n) is 8.53. The zero-order valence-corrected chi connectivity index (χ0v) is 19.9. The van der Waals surface area contributed by atoms with E-state index in [4.69, 9.17) is 4.74 Å². The topological polar surface area (TPSA) is 96.6 Å². The lowest BCUT2D eigenvalue weighted by molar-refractivity contribution is -0.137. The average Bonchev–Trinajstić information content (AvgIpc) is 2.87. The highest BCUT2D eigenvalue weighted by Gasteiger charge is 2.34. The van der Waals surface area contributed by atoms with Crippen molar-refractivity contribution in [3.63, 3.8) is 0 Å². The third-order valence-electron chi connectivity index (χ3n) is 5.55. The number of nitrogens with one attached hydrogen (secondary N) is 1. The van der Waals surface area contributed by atoms with Gasteiger partial charge in [-0.2, -0.15) is 18.4 Å². The van der Waals surface area contributed by atoms with Crippen LogP contribution in [0.3, 0.4) is 0 Å². The maximum absolute atomic E-state index is 13.5. The number of ether oxygens (including phenoxy) is 1. The summed E-state index contributed by atoms with van der Waals surface area (Å²) in [5.41, 5.74) is 0.0454. The Morgan fingerprint density at radius 1 is 1.00 bits per heavy atom. The number of halogens is 3. The van der Waals surface area contributed by atoms with Crippen molar-refractivity contribution in [1.29, 1.82) is 5.26 Å². The van der Waals surface area contributed by atoms with Crippen LogP contribution in [0.4, 0.5) is 24.7 Å². The van der Waals surface area contributed by atoms with Gasteiger partial charge in [-0.15, -0.1) is 0 Å². The molecule has 0 bridgehead atoms. The molecular weight excluding hydrogens is 469 g/mol. The summed E-state index contributed by atoms with van der Waals surface area (Å²) in [6, 6.07) is 14.9. The van der Waals surface area contributed by atoms with Gasteiger partial charge in [0.25, 0.3) is 0 Å². The van der Waals surface area contributed by atoms with E-state index in [1.54, 1.807) is 6.07 Å².